The molecule has 0 fully saturated rings. The average molecular weight is 320 g/mol. The van der Waals surface area contributed by atoms with Crippen molar-refractivity contribution in [3.05, 3.63) is 46.1 Å². The molecule has 22 heavy (non-hydrogen) atoms. The Balaban J connectivity index is 2.25. The summed E-state index contributed by atoms with van der Waals surface area (Å²) >= 11 is 6.32. The number of allylic oxidation sites excluding steroid dienone is 1. The van der Waals surface area contributed by atoms with Gasteiger partial charge in [-0.1, -0.05) is 41.8 Å². The minimum absolute atomic E-state index is 0.435. The molecule has 0 saturated carbocycles. The van der Waals surface area contributed by atoms with Crippen molar-refractivity contribution in [1.82, 2.24) is 20.2 Å². The summed E-state index contributed by atoms with van der Waals surface area (Å²) in [6.45, 7) is 1.94. The van der Waals surface area contributed by atoms with Gasteiger partial charge in [0.05, 0.1) is 12.7 Å². The number of methoxy groups -OCH3 is 1. The minimum atomic E-state index is -0.526. The van der Waals surface area contributed by atoms with E-state index in [0.717, 1.165) is 11.3 Å². The fourth-order valence-electron chi connectivity index (χ4n) is 2.55. The Morgan fingerprint density at radius 1 is 1.45 bits per heavy atom. The van der Waals surface area contributed by atoms with Crippen molar-refractivity contribution in [1.29, 1.82) is 0 Å². The summed E-state index contributed by atoms with van der Waals surface area (Å²) in [5.41, 5.74) is 1.92. The van der Waals surface area contributed by atoms with E-state index in [-0.39, 0.29) is 0 Å². The Morgan fingerprint density at radius 3 is 2.91 bits per heavy atom. The molecule has 2 aromatic rings. The second kappa shape index (κ2) is 5.76. The number of benzene rings is 1. The Morgan fingerprint density at radius 2 is 2.23 bits per heavy atom. The highest BCUT2D eigenvalue weighted by Crippen LogP contribution is 2.38. The van der Waals surface area contributed by atoms with Crippen molar-refractivity contribution in [3.8, 4) is 0 Å². The zero-order chi connectivity index (χ0) is 15.7. The largest absolute Gasteiger partial charge is 0.466 e. The molecule has 1 aliphatic rings. The Labute approximate surface area is 131 Å². The van der Waals surface area contributed by atoms with Crippen LogP contribution >= 0.6 is 11.6 Å². The first kappa shape index (κ1) is 14.5. The quantitative estimate of drug-likeness (QED) is 0.873. The normalized spacial score (nSPS) is 17.0. The molecule has 0 saturated heterocycles. The highest BCUT2D eigenvalue weighted by Gasteiger charge is 2.36. The van der Waals surface area contributed by atoms with Crippen molar-refractivity contribution in [2.45, 2.75) is 19.4 Å². The molecule has 3 rings (SSSR count). The lowest BCUT2D eigenvalue weighted by atomic mass is 9.94. The summed E-state index contributed by atoms with van der Waals surface area (Å²) in [5.74, 6) is 0.0323. The van der Waals surface area contributed by atoms with Crippen molar-refractivity contribution < 1.29 is 9.53 Å². The number of anilines is 1. The average Bonchev–Trinajstić information content (AvgIpc) is 3.01. The molecule has 1 aromatic carbocycles. The number of nitrogens with one attached hydrogen (secondary N) is 1. The van der Waals surface area contributed by atoms with E-state index in [9.17, 15) is 4.79 Å². The maximum absolute atomic E-state index is 12.3. The Kier molecular flexibility index (Phi) is 3.81. The summed E-state index contributed by atoms with van der Waals surface area (Å²) in [7, 11) is 1.35. The van der Waals surface area contributed by atoms with Crippen LogP contribution in [0.5, 0.6) is 0 Å². The molecule has 2 heterocycles. The molecule has 0 unspecified atom stereocenters. The fraction of sp³-hybridized carbons (Fsp3) is 0.286. The highest BCUT2D eigenvalue weighted by atomic mass is 35.5. The van der Waals surface area contributed by atoms with Crippen molar-refractivity contribution in [2.24, 2.45) is 0 Å². The number of tetrazole rings is 1. The van der Waals surface area contributed by atoms with Crippen LogP contribution in [0, 0.1) is 0 Å². The number of fused-ring (bicyclic) bond motifs is 1. The van der Waals surface area contributed by atoms with Gasteiger partial charge in [0.1, 0.15) is 6.04 Å². The fourth-order valence-corrected chi connectivity index (χ4v) is 2.79. The van der Waals surface area contributed by atoms with E-state index in [2.05, 4.69) is 20.8 Å². The second-order valence-electron chi connectivity index (χ2n) is 4.73. The summed E-state index contributed by atoms with van der Waals surface area (Å²) in [4.78, 5) is 12.3. The van der Waals surface area contributed by atoms with Crippen LogP contribution in [0.1, 0.15) is 24.9 Å². The number of rotatable bonds is 3. The van der Waals surface area contributed by atoms with Crippen LogP contribution in [0.2, 0.25) is 5.02 Å². The molecule has 0 amide bonds. The lowest BCUT2D eigenvalue weighted by Gasteiger charge is -2.28. The monoisotopic (exact) mass is 319 g/mol. The summed E-state index contributed by atoms with van der Waals surface area (Å²) in [6, 6.07) is 6.77. The van der Waals surface area contributed by atoms with Crippen LogP contribution in [0.15, 0.2) is 35.5 Å². The second-order valence-corrected chi connectivity index (χ2v) is 5.14. The number of carbonyl (C=O) groups is 1. The number of hydrogen-bond acceptors (Lipinski definition) is 6. The van der Waals surface area contributed by atoms with Gasteiger partial charge in [0.2, 0.25) is 5.95 Å². The number of ether oxygens (including phenoxy) is 1. The number of carbonyl (C=O) groups excluding carboxylic acids is 1. The predicted molar refractivity (Wildman–Crippen MR) is 80.4 cm³/mol. The molecule has 0 aliphatic carbocycles. The van der Waals surface area contributed by atoms with Gasteiger partial charge in [-0.25, -0.2) is 4.79 Å². The Bertz CT molecular complexity index is 755. The first-order valence-electron chi connectivity index (χ1n) is 6.78. The van der Waals surface area contributed by atoms with Crippen LogP contribution in [0.4, 0.5) is 5.95 Å². The van der Waals surface area contributed by atoms with Gasteiger partial charge in [-0.3, -0.25) is 0 Å². The van der Waals surface area contributed by atoms with Crippen molar-refractivity contribution in [2.75, 3.05) is 12.4 Å². The van der Waals surface area contributed by atoms with E-state index in [0.29, 0.717) is 23.0 Å². The molecule has 1 aromatic heterocycles. The zero-order valence-corrected chi connectivity index (χ0v) is 12.8. The first-order chi connectivity index (χ1) is 10.7. The maximum Gasteiger partial charge on any atom is 0.338 e. The van der Waals surface area contributed by atoms with Crippen LogP contribution in [-0.4, -0.2) is 33.3 Å². The van der Waals surface area contributed by atoms with Gasteiger partial charge in [-0.2, -0.15) is 4.68 Å². The predicted octanol–water partition coefficient (Wildman–Crippen LogP) is 2.18. The van der Waals surface area contributed by atoms with Gasteiger partial charge in [0.15, 0.2) is 0 Å². The van der Waals surface area contributed by atoms with Gasteiger partial charge in [0.25, 0.3) is 0 Å². The van der Waals surface area contributed by atoms with Gasteiger partial charge in [-0.05, 0) is 22.9 Å². The third-order valence-corrected chi connectivity index (χ3v) is 3.90. The number of aromatic nitrogens is 4. The van der Waals surface area contributed by atoms with Crippen LogP contribution < -0.4 is 5.32 Å². The molecular weight excluding hydrogens is 306 g/mol. The van der Waals surface area contributed by atoms with E-state index in [1.165, 1.54) is 11.8 Å². The third-order valence-electron chi connectivity index (χ3n) is 3.56. The molecule has 0 spiro atoms. The van der Waals surface area contributed by atoms with Crippen LogP contribution in [0.25, 0.3) is 0 Å². The molecule has 0 bridgehead atoms. The maximum atomic E-state index is 12.3. The van der Waals surface area contributed by atoms with E-state index < -0.39 is 12.0 Å². The van der Waals surface area contributed by atoms with Crippen molar-refractivity contribution in [3.63, 3.8) is 0 Å². The lowest BCUT2D eigenvalue weighted by Crippen LogP contribution is -2.30. The van der Waals surface area contributed by atoms with E-state index >= 15 is 0 Å². The minimum Gasteiger partial charge on any atom is -0.466 e. The van der Waals surface area contributed by atoms with Gasteiger partial charge in [0, 0.05) is 16.3 Å². The first-order valence-corrected chi connectivity index (χ1v) is 7.15. The summed E-state index contributed by atoms with van der Waals surface area (Å²) in [6.07, 6.45) is 0.609. The summed E-state index contributed by atoms with van der Waals surface area (Å²) in [5, 5.41) is 15.2. The molecular formula is C14H14ClN5O2. The summed E-state index contributed by atoms with van der Waals surface area (Å²) < 4.78 is 6.48. The molecule has 114 valence electrons. The van der Waals surface area contributed by atoms with E-state index in [1.54, 1.807) is 6.07 Å². The molecule has 1 N–H and O–H groups in total. The van der Waals surface area contributed by atoms with Gasteiger partial charge >= 0.3 is 5.97 Å². The van der Waals surface area contributed by atoms with Gasteiger partial charge < -0.3 is 10.1 Å². The van der Waals surface area contributed by atoms with E-state index in [4.69, 9.17) is 16.3 Å². The topological polar surface area (TPSA) is 81.9 Å². The molecule has 0 radical (unpaired) electrons. The van der Waals surface area contributed by atoms with Crippen LogP contribution in [0.3, 0.4) is 0 Å². The molecule has 1 atom stereocenters. The van der Waals surface area contributed by atoms with E-state index in [1.807, 2.05) is 25.1 Å². The number of nitrogens with zero attached hydrogens (tertiary/aromatic N) is 4. The SMILES string of the molecule is CCC1=C(C(=O)OC)[C@H](c2ccccc2Cl)n2nnnc2N1. The zero-order valence-electron chi connectivity index (χ0n) is 12.1. The number of halogens is 1. The number of esters is 1. The lowest BCUT2D eigenvalue weighted by molar-refractivity contribution is -0.136. The third kappa shape index (κ3) is 2.23. The molecule has 1 aliphatic heterocycles. The number of hydrogen-bond donors (Lipinski definition) is 1. The molecule has 7 nitrogen and oxygen atoms in total. The van der Waals surface area contributed by atoms with Crippen molar-refractivity contribution >= 4 is 23.5 Å². The van der Waals surface area contributed by atoms with Gasteiger partial charge in [-0.15, -0.1) is 0 Å². The smallest absolute Gasteiger partial charge is 0.338 e. The Hall–Kier alpha value is -2.41. The highest BCUT2D eigenvalue weighted by molar-refractivity contribution is 6.31. The standard InChI is InChI=1S/C14H14ClN5O2/c1-3-10-11(13(21)22-2)12(8-6-4-5-7-9(8)15)20-14(16-10)17-18-19-20/h4-7,12H,3H2,1-2H3,(H,16,17,19)/t12-/m0/s1. The molecule has 8 heteroatoms. The van der Waals surface area contributed by atoms with Crippen LogP contribution in [-0.2, 0) is 9.53 Å².